The zero-order chi connectivity index (χ0) is 19.5. The van der Waals surface area contributed by atoms with Gasteiger partial charge in [-0.05, 0) is 24.3 Å². The molecule has 0 aromatic heterocycles. The summed E-state index contributed by atoms with van der Waals surface area (Å²) in [6.07, 6.45) is -4.89. The highest BCUT2D eigenvalue weighted by Gasteiger charge is 2.32. The molecule has 0 saturated carbocycles. The Balaban J connectivity index is 2.31. The Morgan fingerprint density at radius 3 is 2.46 bits per heavy atom. The van der Waals surface area contributed by atoms with Gasteiger partial charge in [0.05, 0.1) is 15.5 Å². The highest BCUT2D eigenvalue weighted by molar-refractivity contribution is 7.89. The van der Waals surface area contributed by atoms with Crippen molar-refractivity contribution < 1.29 is 26.3 Å². The number of nitrogens with zero attached hydrogens (tertiary/aromatic N) is 2. The minimum atomic E-state index is -4.89. The molecule has 0 radical (unpaired) electrons. The Morgan fingerprint density at radius 1 is 1.23 bits per heavy atom. The number of alkyl halides is 3. The number of nitriles is 1. The first-order chi connectivity index (χ1) is 12.0. The van der Waals surface area contributed by atoms with Gasteiger partial charge in [0.25, 0.3) is 0 Å². The van der Waals surface area contributed by atoms with Crippen molar-refractivity contribution in [3.63, 3.8) is 0 Å². The summed E-state index contributed by atoms with van der Waals surface area (Å²) in [7, 11) is -2.83. The van der Waals surface area contributed by atoms with E-state index in [2.05, 4.69) is 4.74 Å². The average molecular weight is 405 g/mol. The van der Waals surface area contributed by atoms with Crippen molar-refractivity contribution in [3.05, 3.63) is 58.6 Å². The topological polar surface area (TPSA) is 70.4 Å². The molecule has 2 aromatic carbocycles. The summed E-state index contributed by atoms with van der Waals surface area (Å²) in [5.74, 6) is -0.486. The smallest absolute Gasteiger partial charge is 0.405 e. The Kier molecular flexibility index (Phi) is 5.81. The minimum Gasteiger partial charge on any atom is -0.405 e. The van der Waals surface area contributed by atoms with Crippen molar-refractivity contribution in [1.82, 2.24) is 4.31 Å². The molecule has 138 valence electrons. The molecule has 2 rings (SSSR count). The van der Waals surface area contributed by atoms with Gasteiger partial charge in [-0.2, -0.15) is 9.57 Å². The van der Waals surface area contributed by atoms with Crippen LogP contribution in [0.25, 0.3) is 0 Å². The molecule has 5 nitrogen and oxygen atoms in total. The summed E-state index contributed by atoms with van der Waals surface area (Å²) in [5, 5.41) is 8.80. The van der Waals surface area contributed by atoms with E-state index in [1.807, 2.05) is 6.07 Å². The third-order valence-corrected chi connectivity index (χ3v) is 5.47. The number of ether oxygens (including phenoxy) is 1. The molecule has 26 heavy (non-hydrogen) atoms. The monoisotopic (exact) mass is 404 g/mol. The number of para-hydroxylation sites is 1. The van der Waals surface area contributed by atoms with Crippen LogP contribution in [0.2, 0.25) is 5.02 Å². The lowest BCUT2D eigenvalue weighted by Crippen LogP contribution is -2.27. The molecule has 0 heterocycles. The maximum absolute atomic E-state index is 12.6. The fourth-order valence-electron chi connectivity index (χ4n) is 2.11. The summed E-state index contributed by atoms with van der Waals surface area (Å²) >= 11 is 5.85. The van der Waals surface area contributed by atoms with E-state index in [4.69, 9.17) is 16.9 Å². The molecule has 0 bridgehead atoms. The van der Waals surface area contributed by atoms with Gasteiger partial charge in [-0.3, -0.25) is 0 Å². The fraction of sp³-hybridized carbons (Fsp3) is 0.188. The summed E-state index contributed by atoms with van der Waals surface area (Å²) in [6, 6.07) is 10.6. The first-order valence-electron chi connectivity index (χ1n) is 7.04. The van der Waals surface area contributed by atoms with E-state index >= 15 is 0 Å². The van der Waals surface area contributed by atoms with Crippen molar-refractivity contribution in [3.8, 4) is 11.8 Å². The van der Waals surface area contributed by atoms with E-state index in [-0.39, 0.29) is 27.6 Å². The van der Waals surface area contributed by atoms with Gasteiger partial charge in [0.1, 0.15) is 11.8 Å². The second-order valence-corrected chi connectivity index (χ2v) is 7.62. The van der Waals surface area contributed by atoms with Crippen molar-refractivity contribution in [2.75, 3.05) is 7.05 Å². The Bertz CT molecular complexity index is 956. The number of rotatable bonds is 5. The summed E-state index contributed by atoms with van der Waals surface area (Å²) in [4.78, 5) is -0.182. The van der Waals surface area contributed by atoms with Crippen LogP contribution in [-0.2, 0) is 16.6 Å². The SMILES string of the molecule is CN(Cc1ccccc1OC(F)(F)F)S(=O)(=O)c1ccc(C#N)c(Cl)c1. The van der Waals surface area contributed by atoms with Crippen LogP contribution in [0, 0.1) is 11.3 Å². The Hall–Kier alpha value is -2.28. The molecule has 0 aliphatic carbocycles. The summed E-state index contributed by atoms with van der Waals surface area (Å²) in [5.41, 5.74) is 0.146. The number of hydrogen-bond donors (Lipinski definition) is 0. The quantitative estimate of drug-likeness (QED) is 0.757. The first-order valence-corrected chi connectivity index (χ1v) is 8.86. The third-order valence-electron chi connectivity index (χ3n) is 3.36. The van der Waals surface area contributed by atoms with E-state index in [1.54, 1.807) is 0 Å². The van der Waals surface area contributed by atoms with Gasteiger partial charge in [0.15, 0.2) is 0 Å². The normalized spacial score (nSPS) is 12.0. The second-order valence-electron chi connectivity index (χ2n) is 5.17. The molecule has 0 aliphatic rings. The molecule has 10 heteroatoms. The number of hydrogen-bond acceptors (Lipinski definition) is 4. The Morgan fingerprint density at radius 2 is 1.88 bits per heavy atom. The van der Waals surface area contributed by atoms with Crippen LogP contribution in [0.4, 0.5) is 13.2 Å². The van der Waals surface area contributed by atoms with Crippen LogP contribution in [0.15, 0.2) is 47.4 Å². The Labute approximate surface area is 153 Å². The van der Waals surface area contributed by atoms with Crippen LogP contribution in [-0.4, -0.2) is 26.1 Å². The van der Waals surface area contributed by atoms with Crippen LogP contribution < -0.4 is 4.74 Å². The van der Waals surface area contributed by atoms with E-state index in [0.717, 1.165) is 16.4 Å². The summed E-state index contributed by atoms with van der Waals surface area (Å²) < 4.78 is 67.4. The zero-order valence-electron chi connectivity index (χ0n) is 13.3. The molecule has 0 unspecified atom stereocenters. The average Bonchev–Trinajstić information content (AvgIpc) is 2.55. The second kappa shape index (κ2) is 7.53. The van der Waals surface area contributed by atoms with E-state index in [9.17, 15) is 21.6 Å². The molecule has 0 N–H and O–H groups in total. The highest BCUT2D eigenvalue weighted by atomic mass is 35.5. The molecule has 0 amide bonds. The zero-order valence-corrected chi connectivity index (χ0v) is 14.9. The molecule has 2 aromatic rings. The summed E-state index contributed by atoms with van der Waals surface area (Å²) in [6.45, 7) is -0.355. The van der Waals surface area contributed by atoms with E-state index in [1.165, 1.54) is 37.4 Å². The van der Waals surface area contributed by atoms with Gasteiger partial charge in [0, 0.05) is 19.2 Å². The maximum atomic E-state index is 12.6. The molecule has 0 saturated heterocycles. The van der Waals surface area contributed by atoms with Gasteiger partial charge < -0.3 is 4.74 Å². The number of sulfonamides is 1. The number of benzene rings is 2. The first kappa shape index (κ1) is 20.0. The molecular weight excluding hydrogens is 393 g/mol. The lowest BCUT2D eigenvalue weighted by Gasteiger charge is -2.20. The van der Waals surface area contributed by atoms with Gasteiger partial charge in [-0.1, -0.05) is 29.8 Å². The van der Waals surface area contributed by atoms with Crippen molar-refractivity contribution >= 4 is 21.6 Å². The van der Waals surface area contributed by atoms with Crippen LogP contribution in [0.5, 0.6) is 5.75 Å². The predicted octanol–water partition coefficient (Wildman–Crippen LogP) is 3.93. The maximum Gasteiger partial charge on any atom is 0.573 e. The predicted molar refractivity (Wildman–Crippen MR) is 87.9 cm³/mol. The fourth-order valence-corrected chi connectivity index (χ4v) is 3.57. The van der Waals surface area contributed by atoms with Crippen molar-refractivity contribution in [2.45, 2.75) is 17.8 Å². The standard InChI is InChI=1S/C16H12ClF3N2O3S/c1-22(10-12-4-2-3-5-15(12)25-16(18,19)20)26(23,24)13-7-6-11(9-21)14(17)8-13/h2-8H,10H2,1H3. The highest BCUT2D eigenvalue weighted by Crippen LogP contribution is 2.29. The third kappa shape index (κ3) is 4.66. The molecule has 0 fully saturated rings. The van der Waals surface area contributed by atoms with Gasteiger partial charge >= 0.3 is 6.36 Å². The minimum absolute atomic E-state index is 0.0376. The molecular formula is C16H12ClF3N2O3S. The van der Waals surface area contributed by atoms with Crippen molar-refractivity contribution in [2.24, 2.45) is 0 Å². The van der Waals surface area contributed by atoms with Gasteiger partial charge in [-0.15, -0.1) is 13.2 Å². The largest absolute Gasteiger partial charge is 0.573 e. The van der Waals surface area contributed by atoms with Crippen LogP contribution >= 0.6 is 11.6 Å². The van der Waals surface area contributed by atoms with E-state index < -0.39 is 22.1 Å². The number of halogens is 4. The van der Waals surface area contributed by atoms with E-state index in [0.29, 0.717) is 0 Å². The van der Waals surface area contributed by atoms with Crippen LogP contribution in [0.3, 0.4) is 0 Å². The lowest BCUT2D eigenvalue weighted by molar-refractivity contribution is -0.274. The van der Waals surface area contributed by atoms with Crippen LogP contribution in [0.1, 0.15) is 11.1 Å². The van der Waals surface area contributed by atoms with Gasteiger partial charge in [-0.25, -0.2) is 8.42 Å². The van der Waals surface area contributed by atoms with Gasteiger partial charge in [0.2, 0.25) is 10.0 Å². The molecule has 0 aliphatic heterocycles. The molecule has 0 spiro atoms. The lowest BCUT2D eigenvalue weighted by atomic mass is 10.2. The molecule has 0 atom stereocenters. The van der Waals surface area contributed by atoms with Crippen molar-refractivity contribution in [1.29, 1.82) is 5.26 Å².